The summed E-state index contributed by atoms with van der Waals surface area (Å²) in [6.45, 7) is 0. The molecule has 1 aromatic carbocycles. The Labute approximate surface area is 115 Å². The van der Waals surface area contributed by atoms with E-state index in [1.165, 1.54) is 4.90 Å². The zero-order valence-electron chi connectivity index (χ0n) is 10.7. The minimum absolute atomic E-state index is 0.0451. The Balaban J connectivity index is 2.32. The number of carboxylic acids is 1. The molecule has 7 nitrogen and oxygen atoms in total. The zero-order chi connectivity index (χ0) is 14.7. The minimum atomic E-state index is -1.02. The van der Waals surface area contributed by atoms with E-state index in [-0.39, 0.29) is 11.7 Å². The molecule has 106 valence electrons. The number of nitrogens with zero attached hydrogens (tertiary/aromatic N) is 2. The maximum Gasteiger partial charge on any atom is 0.326 e. The number of hydrogen-bond donors (Lipinski definition) is 3. The van der Waals surface area contributed by atoms with Crippen molar-refractivity contribution < 1.29 is 19.9 Å². The van der Waals surface area contributed by atoms with Gasteiger partial charge in [0.2, 0.25) is 5.91 Å². The van der Waals surface area contributed by atoms with E-state index >= 15 is 0 Å². The van der Waals surface area contributed by atoms with Crippen LogP contribution in [0.2, 0.25) is 0 Å². The number of aliphatic carboxylic acids is 1. The van der Waals surface area contributed by atoms with Crippen LogP contribution in [-0.2, 0) is 9.59 Å². The highest BCUT2D eigenvalue weighted by Gasteiger charge is 2.34. The molecule has 0 bridgehead atoms. The van der Waals surface area contributed by atoms with E-state index in [0.29, 0.717) is 30.5 Å². The minimum Gasteiger partial charge on any atom is -0.480 e. The molecule has 7 heteroatoms. The van der Waals surface area contributed by atoms with Gasteiger partial charge in [-0.2, -0.15) is 0 Å². The number of carboxylic acid groups (broad SMARTS) is 1. The van der Waals surface area contributed by atoms with Crippen LogP contribution < -0.4 is 10.6 Å². The molecule has 0 spiro atoms. The van der Waals surface area contributed by atoms with Gasteiger partial charge in [0.05, 0.1) is 0 Å². The Morgan fingerprint density at radius 2 is 2.00 bits per heavy atom. The number of carbonyl (C=O) groups is 2. The molecule has 20 heavy (non-hydrogen) atoms. The van der Waals surface area contributed by atoms with Gasteiger partial charge in [0.25, 0.3) is 0 Å². The smallest absolute Gasteiger partial charge is 0.326 e. The standard InChI is InChI=1S/C13H15N3O4/c14-12(15-20)8-4-6-9(7-5-8)16-10(13(18)19)2-1-3-11(16)17/h4-7,10,20H,1-3H2,(H2,14,15)(H,18,19). The summed E-state index contributed by atoms with van der Waals surface area (Å²) >= 11 is 0. The largest absolute Gasteiger partial charge is 0.480 e. The average molecular weight is 277 g/mol. The van der Waals surface area contributed by atoms with Crippen molar-refractivity contribution >= 4 is 23.4 Å². The van der Waals surface area contributed by atoms with Crippen molar-refractivity contribution in [2.24, 2.45) is 10.9 Å². The van der Waals surface area contributed by atoms with Crippen LogP contribution >= 0.6 is 0 Å². The summed E-state index contributed by atoms with van der Waals surface area (Å²) in [4.78, 5) is 24.5. The van der Waals surface area contributed by atoms with Crippen LogP contribution in [0.15, 0.2) is 29.4 Å². The quantitative estimate of drug-likeness (QED) is 0.326. The number of oxime groups is 1. The molecule has 1 fully saturated rings. The number of benzene rings is 1. The molecule has 4 N–H and O–H groups in total. The Morgan fingerprint density at radius 1 is 1.35 bits per heavy atom. The normalized spacial score (nSPS) is 20.0. The summed E-state index contributed by atoms with van der Waals surface area (Å²) in [5, 5.41) is 20.7. The molecular formula is C13H15N3O4. The molecule has 1 atom stereocenters. The topological polar surface area (TPSA) is 116 Å². The van der Waals surface area contributed by atoms with Gasteiger partial charge >= 0.3 is 5.97 Å². The van der Waals surface area contributed by atoms with Crippen molar-refractivity contribution in [3.8, 4) is 0 Å². The Morgan fingerprint density at radius 3 is 2.55 bits per heavy atom. The predicted molar refractivity (Wildman–Crippen MR) is 71.7 cm³/mol. The number of nitrogens with two attached hydrogens (primary N) is 1. The van der Waals surface area contributed by atoms with Crippen LogP contribution in [0, 0.1) is 0 Å². The SMILES string of the molecule is NC(=NO)c1ccc(N2C(=O)CCCC2C(=O)O)cc1. The highest BCUT2D eigenvalue weighted by atomic mass is 16.4. The van der Waals surface area contributed by atoms with E-state index in [2.05, 4.69) is 5.16 Å². The lowest BCUT2D eigenvalue weighted by Gasteiger charge is -2.32. The molecule has 2 rings (SSSR count). The number of carbonyl (C=O) groups excluding carboxylic acids is 1. The lowest BCUT2D eigenvalue weighted by Crippen LogP contribution is -2.48. The number of piperidine rings is 1. The van der Waals surface area contributed by atoms with Gasteiger partial charge in [-0.25, -0.2) is 4.79 Å². The van der Waals surface area contributed by atoms with Crippen LogP contribution in [0.1, 0.15) is 24.8 Å². The molecule has 1 aromatic rings. The highest BCUT2D eigenvalue weighted by molar-refractivity contribution is 6.01. The molecule has 1 aliphatic rings. The summed E-state index contributed by atoms with van der Waals surface area (Å²) < 4.78 is 0. The second-order valence-electron chi connectivity index (χ2n) is 4.54. The molecule has 1 saturated heterocycles. The maximum atomic E-state index is 12.0. The first-order chi connectivity index (χ1) is 9.54. The molecule has 1 amide bonds. The van der Waals surface area contributed by atoms with Gasteiger partial charge in [-0.1, -0.05) is 5.16 Å². The maximum absolute atomic E-state index is 12.0. The summed E-state index contributed by atoms with van der Waals surface area (Å²) in [6.07, 6.45) is 1.35. The van der Waals surface area contributed by atoms with Crippen molar-refractivity contribution in [3.63, 3.8) is 0 Å². The predicted octanol–water partition coefficient (Wildman–Crippen LogP) is 0.751. The number of anilines is 1. The Hall–Kier alpha value is -2.57. The van der Waals surface area contributed by atoms with E-state index in [1.807, 2.05) is 0 Å². The molecule has 1 unspecified atom stereocenters. The lowest BCUT2D eigenvalue weighted by molar-refractivity contribution is -0.141. The molecule has 1 aliphatic heterocycles. The summed E-state index contributed by atoms with van der Waals surface area (Å²) in [7, 11) is 0. The van der Waals surface area contributed by atoms with Crippen LogP contribution in [0.5, 0.6) is 0 Å². The molecule has 0 radical (unpaired) electrons. The van der Waals surface area contributed by atoms with Crippen LogP contribution in [-0.4, -0.2) is 34.1 Å². The monoisotopic (exact) mass is 277 g/mol. The fourth-order valence-corrected chi connectivity index (χ4v) is 2.28. The van der Waals surface area contributed by atoms with E-state index in [1.54, 1.807) is 24.3 Å². The second kappa shape index (κ2) is 5.60. The molecular weight excluding hydrogens is 262 g/mol. The van der Waals surface area contributed by atoms with Gasteiger partial charge in [-0.3, -0.25) is 9.69 Å². The number of amidine groups is 1. The van der Waals surface area contributed by atoms with Gasteiger partial charge in [0.15, 0.2) is 5.84 Å². The van der Waals surface area contributed by atoms with Gasteiger partial charge in [-0.15, -0.1) is 0 Å². The fraction of sp³-hybridized carbons (Fsp3) is 0.308. The van der Waals surface area contributed by atoms with E-state index in [4.69, 9.17) is 10.9 Å². The van der Waals surface area contributed by atoms with Gasteiger partial charge in [-0.05, 0) is 37.1 Å². The van der Waals surface area contributed by atoms with Crippen molar-refractivity contribution in [1.29, 1.82) is 0 Å². The lowest BCUT2D eigenvalue weighted by atomic mass is 10.0. The van der Waals surface area contributed by atoms with Crippen molar-refractivity contribution in [3.05, 3.63) is 29.8 Å². The third kappa shape index (κ3) is 2.56. The van der Waals surface area contributed by atoms with Gasteiger partial charge < -0.3 is 16.0 Å². The number of amides is 1. The first-order valence-corrected chi connectivity index (χ1v) is 6.17. The third-order valence-electron chi connectivity index (χ3n) is 3.28. The number of hydrogen-bond acceptors (Lipinski definition) is 4. The fourth-order valence-electron chi connectivity index (χ4n) is 2.28. The van der Waals surface area contributed by atoms with Gasteiger partial charge in [0.1, 0.15) is 6.04 Å². The zero-order valence-corrected chi connectivity index (χ0v) is 10.7. The summed E-state index contributed by atoms with van der Waals surface area (Å²) in [5.74, 6) is -1.27. The van der Waals surface area contributed by atoms with E-state index in [9.17, 15) is 14.7 Å². The van der Waals surface area contributed by atoms with E-state index in [0.717, 1.165) is 0 Å². The average Bonchev–Trinajstić information content (AvgIpc) is 2.46. The van der Waals surface area contributed by atoms with Crippen molar-refractivity contribution in [2.75, 3.05) is 4.90 Å². The van der Waals surface area contributed by atoms with Crippen molar-refractivity contribution in [2.45, 2.75) is 25.3 Å². The van der Waals surface area contributed by atoms with Crippen LogP contribution in [0.4, 0.5) is 5.69 Å². The Kier molecular flexibility index (Phi) is 3.88. The Bertz CT molecular complexity index is 553. The molecule has 1 heterocycles. The third-order valence-corrected chi connectivity index (χ3v) is 3.28. The van der Waals surface area contributed by atoms with E-state index < -0.39 is 12.0 Å². The first kappa shape index (κ1) is 13.9. The summed E-state index contributed by atoms with van der Waals surface area (Å²) in [6, 6.07) is 5.49. The van der Waals surface area contributed by atoms with Crippen LogP contribution in [0.3, 0.4) is 0 Å². The first-order valence-electron chi connectivity index (χ1n) is 6.17. The van der Waals surface area contributed by atoms with Crippen molar-refractivity contribution in [1.82, 2.24) is 0 Å². The molecule has 0 saturated carbocycles. The van der Waals surface area contributed by atoms with Crippen LogP contribution in [0.25, 0.3) is 0 Å². The highest BCUT2D eigenvalue weighted by Crippen LogP contribution is 2.26. The van der Waals surface area contributed by atoms with Gasteiger partial charge in [0, 0.05) is 17.7 Å². The summed E-state index contributed by atoms with van der Waals surface area (Å²) in [5.41, 5.74) is 6.44. The molecule has 0 aliphatic carbocycles. The molecule has 0 aromatic heterocycles. The second-order valence-corrected chi connectivity index (χ2v) is 4.54. The number of rotatable bonds is 3.